The first kappa shape index (κ1) is 16.5. The Labute approximate surface area is 115 Å². The largest absolute Gasteiger partial charge is 0.392 e. The van der Waals surface area contributed by atoms with Gasteiger partial charge in [0.05, 0.1) is 18.2 Å². The van der Waals surface area contributed by atoms with Crippen molar-refractivity contribution >= 4 is 8.32 Å². The van der Waals surface area contributed by atoms with Gasteiger partial charge in [-0.15, -0.1) is 0 Å². The number of azide groups is 1. The Morgan fingerprint density at radius 1 is 1.42 bits per heavy atom. The average Bonchev–Trinajstić information content (AvgIpc) is 2.23. The second kappa shape index (κ2) is 5.81. The van der Waals surface area contributed by atoms with Gasteiger partial charge in [0.15, 0.2) is 8.32 Å². The highest BCUT2D eigenvalue weighted by Gasteiger charge is 2.43. The molecule has 1 aliphatic rings. The molecule has 19 heavy (non-hydrogen) atoms. The number of hydrogen-bond acceptors (Lipinski definition) is 4. The summed E-state index contributed by atoms with van der Waals surface area (Å²) in [6.07, 6.45) is -1.16. The third-order valence-electron chi connectivity index (χ3n) is 4.11. The number of nitrogens with zero attached hydrogens (tertiary/aromatic N) is 3. The molecule has 4 atom stereocenters. The Morgan fingerprint density at radius 2 is 2.00 bits per heavy atom. The van der Waals surface area contributed by atoms with Crippen LogP contribution in [0.4, 0.5) is 0 Å². The topological polar surface area (TPSA) is 87.5 Å². The zero-order chi connectivity index (χ0) is 14.8. The highest BCUT2D eigenvalue weighted by atomic mass is 28.4. The van der Waals surface area contributed by atoms with Crippen molar-refractivity contribution in [3.63, 3.8) is 0 Å². The van der Waals surface area contributed by atoms with Gasteiger partial charge in [0, 0.05) is 11.3 Å². The Morgan fingerprint density at radius 3 is 2.47 bits per heavy atom. The van der Waals surface area contributed by atoms with Crippen LogP contribution in [0.25, 0.3) is 10.4 Å². The standard InChI is InChI=1S/C12H25N3O3Si/c1-8-11(16)9(14-15-13)7-10(17-8)18-19(5,6)12(2,3)4/h8-11,16H,7H2,1-6H3/t8-,9+,10+,11-/m0/s1. The van der Waals surface area contributed by atoms with Crippen LogP contribution in [0, 0.1) is 0 Å². The van der Waals surface area contributed by atoms with Crippen molar-refractivity contribution in [2.45, 2.75) is 76.8 Å². The Bertz CT molecular complexity index is 364. The predicted molar refractivity (Wildman–Crippen MR) is 76.2 cm³/mol. The summed E-state index contributed by atoms with van der Waals surface area (Å²) in [6, 6.07) is -0.483. The summed E-state index contributed by atoms with van der Waals surface area (Å²) in [5.41, 5.74) is 8.54. The van der Waals surface area contributed by atoms with E-state index in [2.05, 4.69) is 43.9 Å². The molecule has 0 amide bonds. The minimum absolute atomic E-state index is 0.0870. The normalized spacial score (nSPS) is 32.8. The first-order chi connectivity index (χ1) is 8.58. The zero-order valence-corrected chi connectivity index (χ0v) is 13.6. The van der Waals surface area contributed by atoms with Crippen LogP contribution in [0.2, 0.25) is 18.1 Å². The van der Waals surface area contributed by atoms with Gasteiger partial charge in [-0.2, -0.15) is 0 Å². The molecule has 1 fully saturated rings. The van der Waals surface area contributed by atoms with Gasteiger partial charge in [0.1, 0.15) is 6.29 Å². The highest BCUT2D eigenvalue weighted by Crippen LogP contribution is 2.39. The fourth-order valence-electron chi connectivity index (χ4n) is 1.79. The molecule has 0 radical (unpaired) electrons. The van der Waals surface area contributed by atoms with Gasteiger partial charge >= 0.3 is 0 Å². The number of ether oxygens (including phenoxy) is 1. The maximum atomic E-state index is 9.91. The summed E-state index contributed by atoms with van der Waals surface area (Å²) >= 11 is 0. The lowest BCUT2D eigenvalue weighted by Crippen LogP contribution is -2.52. The van der Waals surface area contributed by atoms with E-state index >= 15 is 0 Å². The van der Waals surface area contributed by atoms with Crippen LogP contribution in [0.1, 0.15) is 34.1 Å². The lowest BCUT2D eigenvalue weighted by atomic mass is 10.0. The van der Waals surface area contributed by atoms with Crippen LogP contribution < -0.4 is 0 Å². The molecule has 0 aromatic heterocycles. The average molecular weight is 287 g/mol. The van der Waals surface area contributed by atoms with Gasteiger partial charge in [-0.25, -0.2) is 0 Å². The number of aliphatic hydroxyl groups is 1. The Kier molecular flexibility index (Phi) is 5.03. The second-order valence-corrected chi connectivity index (χ2v) is 11.4. The molecule has 1 N–H and O–H groups in total. The van der Waals surface area contributed by atoms with Crippen molar-refractivity contribution in [3.05, 3.63) is 10.4 Å². The lowest BCUT2D eigenvalue weighted by molar-refractivity contribution is -0.191. The molecule has 0 spiro atoms. The fourth-order valence-corrected chi connectivity index (χ4v) is 2.95. The zero-order valence-electron chi connectivity index (χ0n) is 12.6. The van der Waals surface area contributed by atoms with Crippen molar-refractivity contribution < 1.29 is 14.3 Å². The van der Waals surface area contributed by atoms with Crippen molar-refractivity contribution in [2.24, 2.45) is 5.11 Å². The third kappa shape index (κ3) is 3.93. The lowest BCUT2D eigenvalue weighted by Gasteiger charge is -2.43. The molecular weight excluding hydrogens is 262 g/mol. The van der Waals surface area contributed by atoms with Crippen LogP contribution in [0.15, 0.2) is 5.11 Å². The summed E-state index contributed by atoms with van der Waals surface area (Å²) < 4.78 is 11.8. The molecule has 7 heteroatoms. The van der Waals surface area contributed by atoms with Crippen molar-refractivity contribution in [1.82, 2.24) is 0 Å². The number of rotatable bonds is 3. The molecule has 0 saturated carbocycles. The molecule has 0 bridgehead atoms. The molecule has 0 aromatic carbocycles. The number of aliphatic hydroxyl groups excluding tert-OH is 1. The van der Waals surface area contributed by atoms with Gasteiger partial charge < -0.3 is 14.3 Å². The highest BCUT2D eigenvalue weighted by molar-refractivity contribution is 6.74. The van der Waals surface area contributed by atoms with E-state index < -0.39 is 26.8 Å². The Balaban J connectivity index is 2.78. The predicted octanol–water partition coefficient (Wildman–Crippen LogP) is 3.18. The van der Waals surface area contributed by atoms with Crippen molar-refractivity contribution in [2.75, 3.05) is 0 Å². The van der Waals surface area contributed by atoms with Crippen LogP contribution >= 0.6 is 0 Å². The number of hydrogen-bond donors (Lipinski definition) is 1. The molecular formula is C12H25N3O3Si. The van der Waals surface area contributed by atoms with Gasteiger partial charge in [0.2, 0.25) is 0 Å². The molecule has 0 unspecified atom stereocenters. The summed E-state index contributed by atoms with van der Waals surface area (Å²) in [6.45, 7) is 12.5. The van der Waals surface area contributed by atoms with Crippen LogP contribution in [-0.2, 0) is 9.16 Å². The first-order valence-corrected chi connectivity index (χ1v) is 9.55. The molecule has 0 aliphatic carbocycles. The second-order valence-electron chi connectivity index (χ2n) is 6.65. The fraction of sp³-hybridized carbons (Fsp3) is 1.00. The van der Waals surface area contributed by atoms with Crippen LogP contribution in [0.3, 0.4) is 0 Å². The molecule has 0 aromatic rings. The van der Waals surface area contributed by atoms with E-state index in [1.54, 1.807) is 6.92 Å². The molecule has 1 aliphatic heterocycles. The van der Waals surface area contributed by atoms with E-state index in [1.807, 2.05) is 0 Å². The van der Waals surface area contributed by atoms with Crippen LogP contribution in [-0.4, -0.2) is 38.0 Å². The van der Waals surface area contributed by atoms with E-state index in [4.69, 9.17) is 14.7 Å². The summed E-state index contributed by atoms with van der Waals surface area (Å²) in [4.78, 5) is 2.79. The van der Waals surface area contributed by atoms with E-state index in [-0.39, 0.29) is 11.1 Å². The third-order valence-corrected chi connectivity index (χ3v) is 8.57. The molecule has 1 rings (SSSR count). The van der Waals surface area contributed by atoms with Gasteiger partial charge in [-0.3, -0.25) is 0 Å². The SMILES string of the molecule is C[C@@H]1O[C@H](O[Si](C)(C)C(C)(C)C)C[C@@H](N=[N+]=[N-])[C@H]1O. The smallest absolute Gasteiger partial charge is 0.195 e. The quantitative estimate of drug-likeness (QED) is 0.374. The van der Waals surface area contributed by atoms with Crippen LogP contribution in [0.5, 0.6) is 0 Å². The van der Waals surface area contributed by atoms with E-state index in [9.17, 15) is 5.11 Å². The Hall–Kier alpha value is -0.593. The minimum atomic E-state index is -1.94. The molecule has 1 saturated heterocycles. The molecule has 1 heterocycles. The monoisotopic (exact) mass is 287 g/mol. The summed E-state index contributed by atoms with van der Waals surface area (Å²) in [5.74, 6) is 0. The minimum Gasteiger partial charge on any atom is -0.392 e. The van der Waals surface area contributed by atoms with Crippen molar-refractivity contribution in [3.8, 4) is 0 Å². The van der Waals surface area contributed by atoms with E-state index in [1.165, 1.54) is 0 Å². The maximum Gasteiger partial charge on any atom is 0.195 e. The van der Waals surface area contributed by atoms with Gasteiger partial charge in [-0.05, 0) is 30.6 Å². The maximum absolute atomic E-state index is 9.91. The molecule has 110 valence electrons. The summed E-state index contributed by atoms with van der Waals surface area (Å²) in [7, 11) is -1.94. The van der Waals surface area contributed by atoms with Gasteiger partial charge in [-0.1, -0.05) is 25.9 Å². The summed E-state index contributed by atoms with van der Waals surface area (Å²) in [5, 5.41) is 13.6. The van der Waals surface area contributed by atoms with Gasteiger partial charge in [0.25, 0.3) is 0 Å². The van der Waals surface area contributed by atoms with E-state index in [0.717, 1.165) is 0 Å². The van der Waals surface area contributed by atoms with Crippen molar-refractivity contribution in [1.29, 1.82) is 0 Å². The van der Waals surface area contributed by atoms with E-state index in [0.29, 0.717) is 6.42 Å². The molecule has 6 nitrogen and oxygen atoms in total. The first-order valence-electron chi connectivity index (χ1n) is 6.64.